The van der Waals surface area contributed by atoms with E-state index in [1.807, 2.05) is 6.92 Å². The number of ether oxygens (including phenoxy) is 1. The van der Waals surface area contributed by atoms with Crippen molar-refractivity contribution < 1.29 is 14.3 Å². The van der Waals surface area contributed by atoms with Crippen molar-refractivity contribution in [3.05, 3.63) is 5.01 Å². The molecule has 10 nitrogen and oxygen atoms in total. The molecule has 1 unspecified atom stereocenters. The largest absolute Gasteiger partial charge is 0.468 e. The van der Waals surface area contributed by atoms with Crippen molar-refractivity contribution in [2.45, 2.75) is 62.6 Å². The second-order valence-electron chi connectivity index (χ2n) is 6.77. The fourth-order valence-electron chi connectivity index (χ4n) is 3.34. The monoisotopic (exact) mass is 439 g/mol. The average molecular weight is 440 g/mol. The zero-order chi connectivity index (χ0) is 20.8. The van der Waals surface area contributed by atoms with E-state index in [1.165, 1.54) is 42.3 Å². The Kier molecular flexibility index (Phi) is 7.42. The number of carbonyl (C=O) groups excluding carboxylic acids is 2. The van der Waals surface area contributed by atoms with E-state index in [4.69, 9.17) is 5.73 Å². The van der Waals surface area contributed by atoms with Crippen LogP contribution in [-0.4, -0.2) is 49.7 Å². The molecule has 0 spiro atoms. The van der Waals surface area contributed by atoms with Crippen LogP contribution in [0, 0.1) is 0 Å². The normalized spacial score (nSPS) is 15.8. The number of anilines is 2. The Labute approximate surface area is 177 Å². The number of aromatic nitrogens is 5. The van der Waals surface area contributed by atoms with E-state index in [9.17, 15) is 9.59 Å². The lowest BCUT2D eigenvalue weighted by molar-refractivity contribution is -0.137. The summed E-state index contributed by atoms with van der Waals surface area (Å²) in [7, 11) is 1.31. The van der Waals surface area contributed by atoms with Crippen molar-refractivity contribution >= 4 is 46.1 Å². The molecule has 29 heavy (non-hydrogen) atoms. The van der Waals surface area contributed by atoms with Gasteiger partial charge in [-0.1, -0.05) is 49.3 Å². The van der Waals surface area contributed by atoms with Crippen LogP contribution >= 0.6 is 23.1 Å². The summed E-state index contributed by atoms with van der Waals surface area (Å²) < 4.78 is 6.18. The smallest absolute Gasteiger partial charge is 0.316 e. The van der Waals surface area contributed by atoms with Crippen LogP contribution in [-0.2, 0) is 14.3 Å². The number of thioether (sulfide) groups is 1. The van der Waals surface area contributed by atoms with Crippen LogP contribution < -0.4 is 11.1 Å². The van der Waals surface area contributed by atoms with Gasteiger partial charge in [-0.2, -0.15) is 0 Å². The zero-order valence-electron chi connectivity index (χ0n) is 16.5. The first-order valence-corrected chi connectivity index (χ1v) is 11.4. The van der Waals surface area contributed by atoms with Gasteiger partial charge in [0.2, 0.25) is 17.0 Å². The van der Waals surface area contributed by atoms with E-state index in [-0.39, 0.29) is 17.6 Å². The van der Waals surface area contributed by atoms with E-state index in [0.29, 0.717) is 22.6 Å². The Morgan fingerprint density at radius 1 is 1.28 bits per heavy atom. The van der Waals surface area contributed by atoms with Gasteiger partial charge in [0.1, 0.15) is 11.0 Å². The minimum atomic E-state index is -0.632. The number of carbonyl (C=O) groups is 2. The molecular formula is C17H25N7O3S2. The SMILES string of the molecule is CCC(C(=O)Nc1nnc(C2CCCCC2)s1)n1c(N)nnc1SCC(=O)OC. The molecule has 1 aliphatic rings. The summed E-state index contributed by atoms with van der Waals surface area (Å²) in [6, 6.07) is -0.632. The summed E-state index contributed by atoms with van der Waals surface area (Å²) in [6.07, 6.45) is 6.41. The molecule has 0 radical (unpaired) electrons. The van der Waals surface area contributed by atoms with Crippen molar-refractivity contribution in [2.75, 3.05) is 23.9 Å². The molecule has 1 aliphatic carbocycles. The highest BCUT2D eigenvalue weighted by Gasteiger charge is 2.27. The van der Waals surface area contributed by atoms with Crippen LogP contribution in [0.15, 0.2) is 5.16 Å². The third kappa shape index (κ3) is 5.24. The maximum Gasteiger partial charge on any atom is 0.316 e. The molecule has 12 heteroatoms. The fourth-order valence-corrected chi connectivity index (χ4v) is 5.07. The average Bonchev–Trinajstić information content (AvgIpc) is 3.35. The number of esters is 1. The summed E-state index contributed by atoms with van der Waals surface area (Å²) in [6.45, 7) is 1.87. The van der Waals surface area contributed by atoms with Crippen LogP contribution in [0.4, 0.5) is 11.1 Å². The molecular weight excluding hydrogens is 414 g/mol. The van der Waals surface area contributed by atoms with Crippen LogP contribution in [0.5, 0.6) is 0 Å². The predicted molar refractivity (Wildman–Crippen MR) is 111 cm³/mol. The number of hydrogen-bond acceptors (Lipinski definition) is 10. The molecule has 158 valence electrons. The van der Waals surface area contributed by atoms with Crippen LogP contribution in [0.2, 0.25) is 0 Å². The quantitative estimate of drug-likeness (QED) is 0.469. The van der Waals surface area contributed by atoms with Gasteiger partial charge >= 0.3 is 5.97 Å². The van der Waals surface area contributed by atoms with Gasteiger partial charge in [0.15, 0.2) is 5.16 Å². The molecule has 0 saturated heterocycles. The molecule has 1 amide bonds. The van der Waals surface area contributed by atoms with E-state index in [2.05, 4.69) is 30.4 Å². The van der Waals surface area contributed by atoms with E-state index < -0.39 is 12.0 Å². The fraction of sp³-hybridized carbons (Fsp3) is 0.647. The zero-order valence-corrected chi connectivity index (χ0v) is 18.1. The lowest BCUT2D eigenvalue weighted by atomic mass is 9.90. The summed E-state index contributed by atoms with van der Waals surface area (Å²) >= 11 is 2.55. The summed E-state index contributed by atoms with van der Waals surface area (Å²) in [4.78, 5) is 24.3. The molecule has 0 bridgehead atoms. The van der Waals surface area contributed by atoms with Gasteiger partial charge in [-0.25, -0.2) is 0 Å². The lowest BCUT2D eigenvalue weighted by Gasteiger charge is -2.18. The van der Waals surface area contributed by atoms with Crippen LogP contribution in [0.25, 0.3) is 0 Å². The number of methoxy groups -OCH3 is 1. The van der Waals surface area contributed by atoms with Gasteiger partial charge < -0.3 is 10.5 Å². The lowest BCUT2D eigenvalue weighted by Crippen LogP contribution is -2.27. The second kappa shape index (κ2) is 10.0. The minimum absolute atomic E-state index is 0.0494. The Morgan fingerprint density at radius 2 is 2.03 bits per heavy atom. The molecule has 1 fully saturated rings. The minimum Gasteiger partial charge on any atom is -0.468 e. The summed E-state index contributed by atoms with van der Waals surface area (Å²) in [5.41, 5.74) is 5.94. The van der Waals surface area contributed by atoms with Crippen molar-refractivity contribution in [3.8, 4) is 0 Å². The van der Waals surface area contributed by atoms with Crippen LogP contribution in [0.1, 0.15) is 62.4 Å². The standard InChI is InChI=1S/C17H25N7O3S2/c1-3-11(24-15(18)21-23-17(24)28-9-12(25)27-2)13(26)19-16-22-20-14(29-16)10-7-5-4-6-8-10/h10-11H,3-9H2,1-2H3,(H2,18,21)(H,19,22,26). The Bertz CT molecular complexity index is 848. The molecule has 2 heterocycles. The highest BCUT2D eigenvalue weighted by Crippen LogP contribution is 2.35. The van der Waals surface area contributed by atoms with Gasteiger partial charge in [-0.3, -0.25) is 19.5 Å². The Morgan fingerprint density at radius 3 is 2.72 bits per heavy atom. The Hall–Kier alpha value is -2.21. The first-order chi connectivity index (χ1) is 14.0. The maximum atomic E-state index is 12.9. The van der Waals surface area contributed by atoms with Gasteiger partial charge in [-0.05, 0) is 19.3 Å². The third-order valence-electron chi connectivity index (χ3n) is 4.86. The number of hydrogen-bond donors (Lipinski definition) is 2. The number of rotatable bonds is 8. The maximum absolute atomic E-state index is 12.9. The van der Waals surface area contributed by atoms with Gasteiger partial charge in [0.05, 0.1) is 12.9 Å². The third-order valence-corrected chi connectivity index (χ3v) is 6.78. The first-order valence-electron chi connectivity index (χ1n) is 9.57. The van der Waals surface area contributed by atoms with E-state index >= 15 is 0 Å². The molecule has 2 aromatic heterocycles. The first kappa shape index (κ1) is 21.5. The van der Waals surface area contributed by atoms with Crippen molar-refractivity contribution in [1.29, 1.82) is 0 Å². The Balaban J connectivity index is 1.70. The highest BCUT2D eigenvalue weighted by atomic mass is 32.2. The number of amides is 1. The van der Waals surface area contributed by atoms with Crippen molar-refractivity contribution in [2.24, 2.45) is 0 Å². The van der Waals surface area contributed by atoms with Gasteiger partial charge in [-0.15, -0.1) is 20.4 Å². The van der Waals surface area contributed by atoms with Crippen LogP contribution in [0.3, 0.4) is 0 Å². The number of nitrogens with two attached hydrogens (primary N) is 1. The molecule has 0 aromatic carbocycles. The predicted octanol–water partition coefficient (Wildman–Crippen LogP) is 2.61. The van der Waals surface area contributed by atoms with Gasteiger partial charge in [0.25, 0.3) is 0 Å². The molecule has 3 rings (SSSR count). The van der Waals surface area contributed by atoms with E-state index in [0.717, 1.165) is 29.6 Å². The van der Waals surface area contributed by atoms with Gasteiger partial charge in [0, 0.05) is 5.92 Å². The molecule has 1 atom stereocenters. The highest BCUT2D eigenvalue weighted by molar-refractivity contribution is 7.99. The molecule has 2 aromatic rings. The number of nitrogens with zero attached hydrogens (tertiary/aromatic N) is 5. The van der Waals surface area contributed by atoms with Crippen molar-refractivity contribution in [3.63, 3.8) is 0 Å². The van der Waals surface area contributed by atoms with E-state index in [1.54, 1.807) is 0 Å². The summed E-state index contributed by atoms with van der Waals surface area (Å²) in [5.74, 6) is -0.0772. The second-order valence-corrected chi connectivity index (χ2v) is 8.72. The molecule has 0 aliphatic heterocycles. The molecule has 1 saturated carbocycles. The van der Waals surface area contributed by atoms with Crippen molar-refractivity contribution in [1.82, 2.24) is 25.0 Å². The number of nitrogens with one attached hydrogen (secondary N) is 1. The summed E-state index contributed by atoms with van der Waals surface area (Å²) in [5, 5.41) is 20.9. The molecule has 3 N–H and O–H groups in total. The number of nitrogen functional groups attached to an aromatic ring is 1. The topological polar surface area (TPSA) is 138 Å².